The van der Waals surface area contributed by atoms with Crippen LogP contribution in [0.25, 0.3) is 0 Å². The van der Waals surface area contributed by atoms with Crippen LogP contribution in [0.3, 0.4) is 0 Å². The maximum atomic E-state index is 2.27. The molecule has 0 bridgehead atoms. The van der Waals surface area contributed by atoms with Gasteiger partial charge in [-0.1, -0.05) is 56.9 Å². The standard InChI is InChI=1S/C14H22/c1-3-4-5-6-7-11-14-12-9-8-10-13(14)2/h8-10,12H,3-7,11H2,1-2H3. The minimum absolute atomic E-state index is 1.26. The molecule has 0 saturated carbocycles. The van der Waals surface area contributed by atoms with Crippen LogP contribution in [0.4, 0.5) is 0 Å². The second kappa shape index (κ2) is 6.64. The van der Waals surface area contributed by atoms with Gasteiger partial charge >= 0.3 is 0 Å². The molecular formula is C14H22. The summed E-state index contributed by atoms with van der Waals surface area (Å²) in [5, 5.41) is 0. The lowest BCUT2D eigenvalue weighted by Crippen LogP contribution is -1.89. The first kappa shape index (κ1) is 11.3. The highest BCUT2D eigenvalue weighted by atomic mass is 14.0. The molecule has 0 heteroatoms. The van der Waals surface area contributed by atoms with Gasteiger partial charge in [-0.2, -0.15) is 0 Å². The molecular weight excluding hydrogens is 168 g/mol. The highest BCUT2D eigenvalue weighted by Gasteiger charge is 1.96. The Labute approximate surface area is 88.4 Å². The van der Waals surface area contributed by atoms with E-state index in [1.54, 1.807) is 0 Å². The highest BCUT2D eigenvalue weighted by Crippen LogP contribution is 2.12. The van der Waals surface area contributed by atoms with Crippen molar-refractivity contribution < 1.29 is 0 Å². The van der Waals surface area contributed by atoms with E-state index in [4.69, 9.17) is 0 Å². The lowest BCUT2D eigenvalue weighted by atomic mass is 10.0. The van der Waals surface area contributed by atoms with E-state index in [2.05, 4.69) is 38.1 Å². The van der Waals surface area contributed by atoms with Crippen LogP contribution in [0.5, 0.6) is 0 Å². The van der Waals surface area contributed by atoms with Crippen molar-refractivity contribution in [2.24, 2.45) is 0 Å². The Balaban J connectivity index is 2.21. The topological polar surface area (TPSA) is 0 Å². The zero-order chi connectivity index (χ0) is 10.2. The summed E-state index contributed by atoms with van der Waals surface area (Å²) in [4.78, 5) is 0. The predicted molar refractivity (Wildman–Crippen MR) is 63.6 cm³/mol. The molecule has 0 fully saturated rings. The van der Waals surface area contributed by atoms with E-state index in [1.165, 1.54) is 49.7 Å². The van der Waals surface area contributed by atoms with Gasteiger partial charge in [0.15, 0.2) is 0 Å². The van der Waals surface area contributed by atoms with E-state index >= 15 is 0 Å². The molecule has 78 valence electrons. The predicted octanol–water partition coefficient (Wildman–Crippen LogP) is 4.51. The zero-order valence-corrected chi connectivity index (χ0v) is 9.55. The molecule has 0 radical (unpaired) electrons. The van der Waals surface area contributed by atoms with Crippen molar-refractivity contribution in [3.05, 3.63) is 35.4 Å². The summed E-state index contributed by atoms with van der Waals surface area (Å²) >= 11 is 0. The van der Waals surface area contributed by atoms with Gasteiger partial charge in [-0.25, -0.2) is 0 Å². The van der Waals surface area contributed by atoms with Gasteiger partial charge in [0.2, 0.25) is 0 Å². The second-order valence-corrected chi connectivity index (χ2v) is 4.09. The Bertz CT molecular complexity index is 250. The van der Waals surface area contributed by atoms with Crippen molar-refractivity contribution in [2.45, 2.75) is 52.4 Å². The number of hydrogen-bond acceptors (Lipinski definition) is 0. The molecule has 1 aromatic rings. The molecule has 0 amide bonds. The fourth-order valence-electron chi connectivity index (χ4n) is 1.81. The Morgan fingerprint density at radius 3 is 2.36 bits per heavy atom. The average molecular weight is 190 g/mol. The highest BCUT2D eigenvalue weighted by molar-refractivity contribution is 5.25. The Kier molecular flexibility index (Phi) is 5.36. The first-order chi connectivity index (χ1) is 6.84. The minimum Gasteiger partial charge on any atom is -0.0654 e. The molecule has 0 unspecified atom stereocenters. The number of unbranched alkanes of at least 4 members (excludes halogenated alkanes) is 4. The van der Waals surface area contributed by atoms with Gasteiger partial charge < -0.3 is 0 Å². The van der Waals surface area contributed by atoms with E-state index in [9.17, 15) is 0 Å². The number of hydrogen-bond donors (Lipinski definition) is 0. The smallest absolute Gasteiger partial charge is 0.0276 e. The quantitative estimate of drug-likeness (QED) is 0.579. The van der Waals surface area contributed by atoms with E-state index < -0.39 is 0 Å². The van der Waals surface area contributed by atoms with E-state index in [-0.39, 0.29) is 0 Å². The summed E-state index contributed by atoms with van der Waals surface area (Å²) in [6.45, 7) is 4.47. The van der Waals surface area contributed by atoms with Gasteiger partial charge in [-0.3, -0.25) is 0 Å². The molecule has 0 aromatic heterocycles. The third kappa shape index (κ3) is 3.95. The van der Waals surface area contributed by atoms with Crippen LogP contribution < -0.4 is 0 Å². The number of benzene rings is 1. The van der Waals surface area contributed by atoms with Crippen molar-refractivity contribution >= 4 is 0 Å². The van der Waals surface area contributed by atoms with E-state index in [0.29, 0.717) is 0 Å². The van der Waals surface area contributed by atoms with Crippen LogP contribution in [0.1, 0.15) is 50.2 Å². The Morgan fingerprint density at radius 2 is 1.64 bits per heavy atom. The van der Waals surface area contributed by atoms with Crippen LogP contribution in [0, 0.1) is 6.92 Å². The summed E-state index contributed by atoms with van der Waals surface area (Å²) in [5.74, 6) is 0. The molecule has 14 heavy (non-hydrogen) atoms. The third-order valence-electron chi connectivity index (χ3n) is 2.81. The van der Waals surface area contributed by atoms with Gasteiger partial charge in [-0.05, 0) is 30.9 Å². The number of aryl methyl sites for hydroxylation is 2. The van der Waals surface area contributed by atoms with Gasteiger partial charge in [0.25, 0.3) is 0 Å². The van der Waals surface area contributed by atoms with Gasteiger partial charge in [0.1, 0.15) is 0 Å². The summed E-state index contributed by atoms with van der Waals surface area (Å²) in [5.41, 5.74) is 2.98. The zero-order valence-electron chi connectivity index (χ0n) is 9.55. The van der Waals surface area contributed by atoms with Crippen LogP contribution in [0.2, 0.25) is 0 Å². The molecule has 0 spiro atoms. The Morgan fingerprint density at radius 1 is 0.929 bits per heavy atom. The van der Waals surface area contributed by atoms with Gasteiger partial charge in [0.05, 0.1) is 0 Å². The first-order valence-corrected chi connectivity index (χ1v) is 5.89. The summed E-state index contributed by atoms with van der Waals surface area (Å²) in [7, 11) is 0. The first-order valence-electron chi connectivity index (χ1n) is 5.89. The average Bonchev–Trinajstić information content (AvgIpc) is 2.20. The van der Waals surface area contributed by atoms with Crippen molar-refractivity contribution in [3.63, 3.8) is 0 Å². The monoisotopic (exact) mass is 190 g/mol. The molecule has 0 N–H and O–H groups in total. The Hall–Kier alpha value is -0.780. The van der Waals surface area contributed by atoms with Crippen molar-refractivity contribution in [2.75, 3.05) is 0 Å². The fraction of sp³-hybridized carbons (Fsp3) is 0.571. The van der Waals surface area contributed by atoms with Crippen molar-refractivity contribution in [1.82, 2.24) is 0 Å². The van der Waals surface area contributed by atoms with Gasteiger partial charge in [-0.15, -0.1) is 0 Å². The van der Waals surface area contributed by atoms with Crippen LogP contribution in [0.15, 0.2) is 24.3 Å². The normalized spacial score (nSPS) is 10.4. The summed E-state index contributed by atoms with van der Waals surface area (Å²) in [6, 6.07) is 8.74. The maximum absolute atomic E-state index is 2.27. The van der Waals surface area contributed by atoms with Crippen LogP contribution in [-0.2, 0) is 6.42 Å². The molecule has 0 heterocycles. The third-order valence-corrected chi connectivity index (χ3v) is 2.81. The van der Waals surface area contributed by atoms with E-state index in [0.717, 1.165) is 0 Å². The molecule has 0 atom stereocenters. The molecule has 0 nitrogen and oxygen atoms in total. The second-order valence-electron chi connectivity index (χ2n) is 4.09. The molecule has 0 aliphatic heterocycles. The summed E-state index contributed by atoms with van der Waals surface area (Å²) < 4.78 is 0. The largest absolute Gasteiger partial charge is 0.0654 e. The lowest BCUT2D eigenvalue weighted by molar-refractivity contribution is 0.631. The molecule has 1 rings (SSSR count). The van der Waals surface area contributed by atoms with Gasteiger partial charge in [0, 0.05) is 0 Å². The SMILES string of the molecule is CCCCCCCc1ccccc1C. The minimum atomic E-state index is 1.26. The lowest BCUT2D eigenvalue weighted by Gasteiger charge is -2.04. The fourth-order valence-corrected chi connectivity index (χ4v) is 1.81. The van der Waals surface area contributed by atoms with Crippen LogP contribution >= 0.6 is 0 Å². The molecule has 1 aromatic carbocycles. The van der Waals surface area contributed by atoms with Crippen LogP contribution in [-0.4, -0.2) is 0 Å². The number of rotatable bonds is 6. The molecule has 0 aliphatic rings. The van der Waals surface area contributed by atoms with E-state index in [1.807, 2.05) is 0 Å². The molecule has 0 aliphatic carbocycles. The van der Waals surface area contributed by atoms with Crippen molar-refractivity contribution in [3.8, 4) is 0 Å². The molecule has 0 saturated heterocycles. The maximum Gasteiger partial charge on any atom is -0.0276 e. The summed E-state index contributed by atoms with van der Waals surface area (Å²) in [6.07, 6.45) is 8.14. The van der Waals surface area contributed by atoms with Crippen molar-refractivity contribution in [1.29, 1.82) is 0 Å².